The first-order chi connectivity index (χ1) is 11.4. The normalized spacial score (nSPS) is 17.8. The Bertz CT molecular complexity index is 584. The van der Waals surface area contributed by atoms with Crippen LogP contribution in [0.5, 0.6) is 0 Å². The highest BCUT2D eigenvalue weighted by Crippen LogP contribution is 2.26. The van der Waals surface area contributed by atoms with Crippen molar-refractivity contribution in [1.29, 1.82) is 0 Å². The van der Waals surface area contributed by atoms with Crippen LogP contribution in [0.25, 0.3) is 0 Å². The summed E-state index contributed by atoms with van der Waals surface area (Å²) in [5, 5.41) is 3.02. The van der Waals surface area contributed by atoms with Gasteiger partial charge in [0.2, 0.25) is 11.8 Å². The fourth-order valence-electron chi connectivity index (χ4n) is 3.09. The number of hydrogen-bond donors (Lipinski definition) is 1. The van der Waals surface area contributed by atoms with E-state index in [0.717, 1.165) is 30.8 Å². The first kappa shape index (κ1) is 18.5. The van der Waals surface area contributed by atoms with Crippen molar-refractivity contribution in [3.05, 3.63) is 29.8 Å². The summed E-state index contributed by atoms with van der Waals surface area (Å²) in [6.45, 7) is 6.42. The van der Waals surface area contributed by atoms with Gasteiger partial charge in [0.25, 0.3) is 0 Å². The van der Waals surface area contributed by atoms with Crippen molar-refractivity contribution in [1.82, 2.24) is 9.80 Å². The van der Waals surface area contributed by atoms with Crippen molar-refractivity contribution in [2.24, 2.45) is 5.92 Å². The Labute approximate surface area is 145 Å². The number of anilines is 1. The van der Waals surface area contributed by atoms with Gasteiger partial charge in [-0.1, -0.05) is 32.0 Å². The summed E-state index contributed by atoms with van der Waals surface area (Å²) in [5.74, 6) is 0.129. The van der Waals surface area contributed by atoms with Gasteiger partial charge in [-0.2, -0.15) is 0 Å². The van der Waals surface area contributed by atoms with Crippen molar-refractivity contribution in [2.45, 2.75) is 32.6 Å². The van der Waals surface area contributed by atoms with Gasteiger partial charge >= 0.3 is 0 Å². The largest absolute Gasteiger partial charge is 0.342 e. The molecule has 1 heterocycles. The second-order valence-electron chi connectivity index (χ2n) is 7.13. The Balaban J connectivity index is 1.93. The van der Waals surface area contributed by atoms with Gasteiger partial charge in [-0.15, -0.1) is 0 Å². The number of likely N-dealkylation sites (tertiary alicyclic amines) is 1. The Morgan fingerprint density at radius 2 is 2.04 bits per heavy atom. The van der Waals surface area contributed by atoms with E-state index >= 15 is 0 Å². The standard InChI is InChI=1S/C19H29N3O2/c1-14(2)16-8-5-6-9-17(16)20-19(24)15-12-18(23)22(13-15)11-7-10-21(3)4/h5-6,8-9,14-15H,7,10-13H2,1-4H3,(H,20,24). The third-order valence-electron chi connectivity index (χ3n) is 4.46. The van der Waals surface area contributed by atoms with E-state index in [2.05, 4.69) is 24.1 Å². The smallest absolute Gasteiger partial charge is 0.229 e. The van der Waals surface area contributed by atoms with Gasteiger partial charge in [-0.05, 0) is 44.6 Å². The van der Waals surface area contributed by atoms with Gasteiger partial charge in [0, 0.05) is 25.2 Å². The topological polar surface area (TPSA) is 52.7 Å². The highest BCUT2D eigenvalue weighted by Gasteiger charge is 2.34. The zero-order valence-corrected chi connectivity index (χ0v) is 15.2. The molecule has 1 aromatic rings. The highest BCUT2D eigenvalue weighted by atomic mass is 16.2. The lowest BCUT2D eigenvalue weighted by atomic mass is 10.0. The summed E-state index contributed by atoms with van der Waals surface area (Å²) in [4.78, 5) is 28.6. The molecule has 1 saturated heterocycles. The molecule has 5 heteroatoms. The summed E-state index contributed by atoms with van der Waals surface area (Å²) >= 11 is 0. The van der Waals surface area contributed by atoms with Crippen LogP contribution < -0.4 is 5.32 Å². The van der Waals surface area contributed by atoms with Crippen molar-refractivity contribution in [3.8, 4) is 0 Å². The van der Waals surface area contributed by atoms with E-state index in [1.165, 1.54) is 0 Å². The second-order valence-corrected chi connectivity index (χ2v) is 7.13. The van der Waals surface area contributed by atoms with Crippen LogP contribution in [0, 0.1) is 5.92 Å². The number of carbonyl (C=O) groups is 2. The summed E-state index contributed by atoms with van der Waals surface area (Å²) in [5.41, 5.74) is 1.98. The molecule has 0 spiro atoms. The third-order valence-corrected chi connectivity index (χ3v) is 4.46. The van der Waals surface area contributed by atoms with Crippen LogP contribution in [0.2, 0.25) is 0 Å². The Hall–Kier alpha value is -1.88. The molecule has 1 aliphatic rings. The molecule has 2 amide bonds. The molecule has 1 fully saturated rings. The second kappa shape index (κ2) is 8.29. The van der Waals surface area contributed by atoms with E-state index in [-0.39, 0.29) is 17.7 Å². The highest BCUT2D eigenvalue weighted by molar-refractivity contribution is 5.97. The Kier molecular flexibility index (Phi) is 6.37. The van der Waals surface area contributed by atoms with E-state index in [0.29, 0.717) is 18.9 Å². The first-order valence-corrected chi connectivity index (χ1v) is 8.70. The number of benzene rings is 1. The lowest BCUT2D eigenvalue weighted by molar-refractivity contribution is -0.128. The minimum atomic E-state index is -0.253. The van der Waals surface area contributed by atoms with Gasteiger partial charge in [-0.25, -0.2) is 0 Å². The number of hydrogen-bond acceptors (Lipinski definition) is 3. The summed E-state index contributed by atoms with van der Waals surface area (Å²) < 4.78 is 0. The third kappa shape index (κ3) is 4.81. The average molecular weight is 331 g/mol. The predicted molar refractivity (Wildman–Crippen MR) is 97.0 cm³/mol. The molecule has 0 radical (unpaired) electrons. The van der Waals surface area contributed by atoms with E-state index in [9.17, 15) is 9.59 Å². The van der Waals surface area contributed by atoms with Gasteiger partial charge in [0.15, 0.2) is 0 Å². The Morgan fingerprint density at radius 1 is 1.33 bits per heavy atom. The van der Waals surface area contributed by atoms with Crippen LogP contribution in [-0.2, 0) is 9.59 Å². The average Bonchev–Trinajstić information content (AvgIpc) is 2.88. The maximum atomic E-state index is 12.6. The maximum Gasteiger partial charge on any atom is 0.229 e. The van der Waals surface area contributed by atoms with Gasteiger partial charge < -0.3 is 15.1 Å². The van der Waals surface area contributed by atoms with E-state index in [1.807, 2.05) is 43.3 Å². The molecule has 5 nitrogen and oxygen atoms in total. The summed E-state index contributed by atoms with van der Waals surface area (Å²) in [7, 11) is 4.04. The van der Waals surface area contributed by atoms with Crippen LogP contribution in [0.4, 0.5) is 5.69 Å². The number of nitrogens with one attached hydrogen (secondary N) is 1. The molecule has 132 valence electrons. The summed E-state index contributed by atoms with van der Waals surface area (Å²) in [6, 6.07) is 7.87. The quantitative estimate of drug-likeness (QED) is 0.835. The minimum Gasteiger partial charge on any atom is -0.342 e. The van der Waals surface area contributed by atoms with Crippen molar-refractivity contribution < 1.29 is 9.59 Å². The molecular weight excluding hydrogens is 302 g/mol. The van der Waals surface area contributed by atoms with Crippen LogP contribution in [-0.4, -0.2) is 55.3 Å². The summed E-state index contributed by atoms with van der Waals surface area (Å²) in [6.07, 6.45) is 1.25. The molecule has 2 rings (SSSR count). The molecule has 1 aliphatic heterocycles. The van der Waals surface area contributed by atoms with Crippen LogP contribution in [0.1, 0.15) is 38.2 Å². The number of para-hydroxylation sites is 1. The van der Waals surface area contributed by atoms with Gasteiger partial charge in [-0.3, -0.25) is 9.59 Å². The SMILES string of the molecule is CC(C)c1ccccc1NC(=O)C1CC(=O)N(CCCN(C)C)C1. The van der Waals surface area contributed by atoms with E-state index < -0.39 is 0 Å². The van der Waals surface area contributed by atoms with Gasteiger partial charge in [0.1, 0.15) is 0 Å². The lowest BCUT2D eigenvalue weighted by Gasteiger charge is -2.18. The predicted octanol–water partition coefficient (Wildman–Crippen LogP) is 2.55. The van der Waals surface area contributed by atoms with E-state index in [1.54, 1.807) is 0 Å². The van der Waals surface area contributed by atoms with Crippen LogP contribution >= 0.6 is 0 Å². The molecule has 1 N–H and O–H groups in total. The lowest BCUT2D eigenvalue weighted by Crippen LogP contribution is -2.30. The fourth-order valence-corrected chi connectivity index (χ4v) is 3.09. The number of rotatable bonds is 7. The minimum absolute atomic E-state index is 0.0495. The number of nitrogens with zero attached hydrogens (tertiary/aromatic N) is 2. The molecule has 0 aromatic heterocycles. The number of amides is 2. The molecule has 1 aromatic carbocycles. The number of carbonyl (C=O) groups excluding carboxylic acids is 2. The first-order valence-electron chi connectivity index (χ1n) is 8.70. The molecule has 0 aliphatic carbocycles. The molecule has 24 heavy (non-hydrogen) atoms. The molecule has 1 atom stereocenters. The molecular formula is C19H29N3O2. The van der Waals surface area contributed by atoms with Gasteiger partial charge in [0.05, 0.1) is 5.92 Å². The van der Waals surface area contributed by atoms with Crippen molar-refractivity contribution in [3.63, 3.8) is 0 Å². The van der Waals surface area contributed by atoms with Crippen LogP contribution in [0.15, 0.2) is 24.3 Å². The zero-order chi connectivity index (χ0) is 17.7. The van der Waals surface area contributed by atoms with Crippen LogP contribution in [0.3, 0.4) is 0 Å². The molecule has 1 unspecified atom stereocenters. The van der Waals surface area contributed by atoms with Crippen molar-refractivity contribution >= 4 is 17.5 Å². The molecule has 0 bridgehead atoms. The van der Waals surface area contributed by atoms with Crippen molar-refractivity contribution in [2.75, 3.05) is 39.0 Å². The van der Waals surface area contributed by atoms with E-state index in [4.69, 9.17) is 0 Å². The zero-order valence-electron chi connectivity index (χ0n) is 15.2. The Morgan fingerprint density at radius 3 is 2.71 bits per heavy atom. The molecule has 0 saturated carbocycles. The fraction of sp³-hybridized carbons (Fsp3) is 0.579. The maximum absolute atomic E-state index is 12.6. The monoisotopic (exact) mass is 331 g/mol.